The molecule has 1 spiro atoms. The van der Waals surface area contributed by atoms with E-state index < -0.39 is 70.7 Å². The van der Waals surface area contributed by atoms with Crippen molar-refractivity contribution < 1.29 is 66.1 Å². The third-order valence-corrected chi connectivity index (χ3v) is 14.2. The molecule has 2 aliphatic heterocycles. The van der Waals surface area contributed by atoms with E-state index in [1.54, 1.807) is 0 Å². The molecule has 2 aromatic carbocycles. The Labute approximate surface area is 229 Å². The zero-order valence-corrected chi connectivity index (χ0v) is 22.9. The molecule has 2 aliphatic rings. The maximum absolute atomic E-state index is 14.9. The first-order valence-electron chi connectivity index (χ1n) is 12.0. The molecule has 3 heterocycles. The van der Waals surface area contributed by atoms with E-state index in [4.69, 9.17) is 8.85 Å². The summed E-state index contributed by atoms with van der Waals surface area (Å²) >= 11 is 0. The molecule has 17 heteroatoms. The Hall–Kier alpha value is -3.05. The first-order chi connectivity index (χ1) is 19.0. The van der Waals surface area contributed by atoms with Crippen molar-refractivity contribution in [3.05, 3.63) is 71.0 Å². The molecule has 0 N–H and O–H groups in total. The zero-order chi connectivity index (χ0) is 31.7. The predicted molar refractivity (Wildman–Crippen MR) is 123 cm³/mol. The summed E-state index contributed by atoms with van der Waals surface area (Å²) in [7, 11) is -5.28. The van der Waals surface area contributed by atoms with Crippen LogP contribution in [0.4, 0.5) is 52.7 Å². The van der Waals surface area contributed by atoms with Gasteiger partial charge < -0.3 is 0 Å². The summed E-state index contributed by atoms with van der Waals surface area (Å²) in [5.74, 6) is 0. The average molecular weight is 637 g/mol. The molecule has 5 rings (SSSR count). The average Bonchev–Trinajstić information content (AvgIpc) is 3.38. The molecule has 1 aromatic heterocycles. The summed E-state index contributed by atoms with van der Waals surface area (Å²) in [4.78, 5) is 0. The minimum absolute atomic E-state index is 0.104. The van der Waals surface area contributed by atoms with Gasteiger partial charge in [0, 0.05) is 0 Å². The fourth-order valence-corrected chi connectivity index (χ4v) is 13.7. The Morgan fingerprint density at radius 1 is 0.643 bits per heavy atom. The Morgan fingerprint density at radius 3 is 1.26 bits per heavy atom. The third kappa shape index (κ3) is 3.06. The molecule has 230 valence electrons. The number of hydrogen-bond donors (Lipinski definition) is 0. The van der Waals surface area contributed by atoms with E-state index in [-0.39, 0.29) is 11.4 Å². The molecule has 0 fully saturated rings. The Bertz CT molecular complexity index is 1470. The molecule has 0 saturated heterocycles. The first kappa shape index (κ1) is 30.4. The number of alkyl halides is 12. The quantitative estimate of drug-likeness (QED) is 0.222. The van der Waals surface area contributed by atoms with Crippen LogP contribution in [0.3, 0.4) is 0 Å². The number of aromatic nitrogens is 2. The monoisotopic (exact) mass is 636 g/mol. The summed E-state index contributed by atoms with van der Waals surface area (Å²) in [6, 6.07) is 5.20. The van der Waals surface area contributed by atoms with E-state index in [2.05, 4.69) is 0 Å². The minimum atomic E-state index is -7.45. The van der Waals surface area contributed by atoms with Gasteiger partial charge in [-0.2, -0.15) is 0 Å². The van der Waals surface area contributed by atoms with Crippen molar-refractivity contribution in [3.63, 3.8) is 0 Å². The number of imidazole rings is 1. The standard InChI is InChI=1S/C25H20F12N2O2Si/c1-13-14(2)39(4)19(38(13)3)42(17-11-7-5-9-15(17)20(40-42,22(26,27)28)23(29,30)31)18-12-8-6-10-16(18)21(41-42,24(32,33)34)25(35,36)37/h5-12H,1-4H3. The Balaban J connectivity index is 2.19. The summed E-state index contributed by atoms with van der Waals surface area (Å²) in [6.45, 7) is 2.67. The summed E-state index contributed by atoms with van der Waals surface area (Å²) in [5.41, 5.74) is -14.8. The van der Waals surface area contributed by atoms with Gasteiger partial charge in [0.1, 0.15) is 0 Å². The van der Waals surface area contributed by atoms with Gasteiger partial charge in [0.25, 0.3) is 0 Å². The molecule has 0 aliphatic carbocycles. The maximum atomic E-state index is 14.9. The number of halogens is 12. The van der Waals surface area contributed by atoms with Crippen LogP contribution in [-0.4, -0.2) is 37.1 Å². The van der Waals surface area contributed by atoms with Crippen LogP contribution in [0.5, 0.6) is 0 Å². The fraction of sp³-hybridized carbons (Fsp3) is 0.400. The van der Waals surface area contributed by atoms with Crippen LogP contribution in [0.15, 0.2) is 48.5 Å². The van der Waals surface area contributed by atoms with Crippen LogP contribution in [0.25, 0.3) is 0 Å². The van der Waals surface area contributed by atoms with Crippen LogP contribution in [-0.2, 0) is 34.1 Å². The number of benzene rings is 2. The van der Waals surface area contributed by atoms with Crippen molar-refractivity contribution in [3.8, 4) is 0 Å². The second-order valence-corrected chi connectivity index (χ2v) is 14.4. The number of hydrogen-bond acceptors (Lipinski definition) is 2. The first-order valence-corrected chi connectivity index (χ1v) is 14.3. The van der Waals surface area contributed by atoms with Crippen molar-refractivity contribution >= 4 is 23.7 Å². The molecule has 4 nitrogen and oxygen atoms in total. The van der Waals surface area contributed by atoms with E-state index in [1.165, 1.54) is 13.8 Å². The molecular formula is C25H20F12N2O2Si. The van der Waals surface area contributed by atoms with Gasteiger partial charge in [0.2, 0.25) is 0 Å². The Kier molecular flexibility index (Phi) is 5.87. The van der Waals surface area contributed by atoms with Gasteiger partial charge >= 0.3 is 229 Å². The predicted octanol–water partition coefficient (Wildman–Crippen LogP) is 4.58. The molecule has 0 saturated carbocycles. The molecule has 0 amide bonds. The van der Waals surface area contributed by atoms with Crippen molar-refractivity contribution in [1.29, 1.82) is 0 Å². The van der Waals surface area contributed by atoms with Gasteiger partial charge in [0.15, 0.2) is 0 Å². The van der Waals surface area contributed by atoms with Crippen LogP contribution >= 0.6 is 0 Å². The van der Waals surface area contributed by atoms with Crippen molar-refractivity contribution in [1.82, 2.24) is 4.57 Å². The number of rotatable bonds is 1. The van der Waals surface area contributed by atoms with Gasteiger partial charge in [-0.3, -0.25) is 0 Å². The number of nitrogens with zero attached hydrogens (tertiary/aromatic N) is 2. The Morgan fingerprint density at radius 2 is 0.976 bits per heavy atom. The van der Waals surface area contributed by atoms with Crippen LogP contribution < -0.4 is 20.4 Å². The van der Waals surface area contributed by atoms with Gasteiger partial charge in [-0.15, -0.1) is 0 Å². The normalized spacial score (nSPS) is 21.6. The van der Waals surface area contributed by atoms with Gasteiger partial charge in [0.05, 0.1) is 0 Å². The van der Waals surface area contributed by atoms with E-state index in [1.807, 2.05) is 0 Å². The van der Waals surface area contributed by atoms with Gasteiger partial charge in [-0.25, -0.2) is 0 Å². The van der Waals surface area contributed by atoms with E-state index >= 15 is 0 Å². The summed E-state index contributed by atoms with van der Waals surface area (Å²) in [6.07, 6.45) is -25.7. The molecule has 0 radical (unpaired) electrons. The zero-order valence-electron chi connectivity index (χ0n) is 21.9. The molecule has 3 aromatic rings. The van der Waals surface area contributed by atoms with Crippen molar-refractivity contribution in [2.75, 3.05) is 0 Å². The van der Waals surface area contributed by atoms with Crippen LogP contribution in [0.1, 0.15) is 22.5 Å². The second-order valence-electron chi connectivity index (χ2n) is 10.3. The summed E-state index contributed by atoms with van der Waals surface area (Å²) in [5, 5.41) is -2.41. The fourth-order valence-electron chi connectivity index (χ4n) is 6.59. The van der Waals surface area contributed by atoms with Crippen molar-refractivity contribution in [2.45, 2.75) is 49.8 Å². The van der Waals surface area contributed by atoms with Crippen LogP contribution in [0.2, 0.25) is 0 Å². The van der Waals surface area contributed by atoms with Crippen LogP contribution in [0, 0.1) is 13.8 Å². The van der Waals surface area contributed by atoms with E-state index in [0.717, 1.165) is 47.5 Å². The van der Waals surface area contributed by atoms with Gasteiger partial charge in [-0.1, -0.05) is 0 Å². The van der Waals surface area contributed by atoms with E-state index in [9.17, 15) is 52.7 Å². The molecule has 0 atom stereocenters. The second kappa shape index (κ2) is 8.10. The summed E-state index contributed by atoms with van der Waals surface area (Å²) < 4.78 is 191. The topological polar surface area (TPSA) is 27.3 Å². The van der Waals surface area contributed by atoms with E-state index in [0.29, 0.717) is 24.3 Å². The van der Waals surface area contributed by atoms with Crippen molar-refractivity contribution in [2.24, 2.45) is 14.1 Å². The number of fused-ring (bicyclic) bond motifs is 4. The third-order valence-electron chi connectivity index (χ3n) is 8.46. The molecule has 0 unspecified atom stereocenters. The molecule has 42 heavy (non-hydrogen) atoms. The molecule has 0 bridgehead atoms. The SMILES string of the molecule is Cc1c(C)[n+](C)c([Si-]23(OC(C(F)(F)F)(C(F)(F)F)c4ccccc42)OC(C(F)(F)F)(C(F)(F)F)c2ccccc23)n1C. The molecular weight excluding hydrogens is 616 g/mol. The van der Waals surface area contributed by atoms with Gasteiger partial charge in [-0.05, 0) is 0 Å².